The number of carbonyl (C=O) groups is 1. The number of ether oxygens (including phenoxy) is 1. The van der Waals surface area contributed by atoms with E-state index in [9.17, 15) is 13.2 Å². The molecule has 2 aliphatic rings. The van der Waals surface area contributed by atoms with E-state index in [0.717, 1.165) is 37.3 Å². The summed E-state index contributed by atoms with van der Waals surface area (Å²) in [6.07, 6.45) is 2.13. The first-order valence-corrected chi connectivity index (χ1v) is 15.7. The number of morpholine rings is 1. The molecule has 0 saturated carbocycles. The second kappa shape index (κ2) is 12.0. The molecule has 2 aromatic carbocycles. The molecule has 0 radical (unpaired) electrons. The van der Waals surface area contributed by atoms with E-state index in [-0.39, 0.29) is 16.6 Å². The van der Waals surface area contributed by atoms with E-state index < -0.39 is 10.0 Å². The van der Waals surface area contributed by atoms with Crippen molar-refractivity contribution >= 4 is 61.2 Å². The molecule has 5 rings (SSSR count). The number of hydrogen-bond acceptors (Lipinski definition) is 10. The number of carbonyl (C=O) groups excluding carboxylic acids is 1. The third-order valence-corrected chi connectivity index (χ3v) is 10.2. The highest BCUT2D eigenvalue weighted by atomic mass is 32.2. The Morgan fingerprint density at radius 3 is 2.53 bits per heavy atom. The van der Waals surface area contributed by atoms with Gasteiger partial charge in [-0.2, -0.15) is 4.31 Å². The van der Waals surface area contributed by atoms with Crippen LogP contribution in [0.5, 0.6) is 0 Å². The van der Waals surface area contributed by atoms with Gasteiger partial charge in [0.1, 0.15) is 0 Å². The number of anilines is 4. The number of benzene rings is 2. The molecule has 2 fully saturated rings. The monoisotopic (exact) mass is 574 g/mol. The number of amides is 1. The molecule has 3 aromatic rings. The first kappa shape index (κ1) is 26.9. The van der Waals surface area contributed by atoms with Gasteiger partial charge in [-0.25, -0.2) is 8.42 Å². The van der Waals surface area contributed by atoms with Crippen molar-refractivity contribution in [3.05, 3.63) is 48.0 Å². The summed E-state index contributed by atoms with van der Waals surface area (Å²) < 4.78 is 33.9. The molecular formula is C25H30N6O4S3. The maximum atomic E-state index is 13.2. The van der Waals surface area contributed by atoms with Crippen LogP contribution in [-0.4, -0.2) is 74.0 Å². The maximum absolute atomic E-state index is 13.2. The maximum Gasteiger partial charge on any atom is 0.243 e. The van der Waals surface area contributed by atoms with Crippen LogP contribution in [0.3, 0.4) is 0 Å². The van der Waals surface area contributed by atoms with Crippen molar-refractivity contribution in [1.82, 2.24) is 14.5 Å². The van der Waals surface area contributed by atoms with Crippen LogP contribution in [0, 0.1) is 6.92 Å². The minimum absolute atomic E-state index is 0.124. The minimum Gasteiger partial charge on any atom is -0.379 e. The Morgan fingerprint density at radius 1 is 1.05 bits per heavy atom. The smallest absolute Gasteiger partial charge is 0.243 e. The van der Waals surface area contributed by atoms with Crippen molar-refractivity contribution in [2.75, 3.05) is 60.7 Å². The van der Waals surface area contributed by atoms with Gasteiger partial charge in [0.2, 0.25) is 21.1 Å². The lowest BCUT2D eigenvalue weighted by Gasteiger charge is -2.27. The molecule has 0 unspecified atom stereocenters. The lowest BCUT2D eigenvalue weighted by Crippen LogP contribution is -2.40. The Bertz CT molecular complexity index is 1370. The van der Waals surface area contributed by atoms with Crippen LogP contribution in [0.15, 0.2) is 51.7 Å². The summed E-state index contributed by atoms with van der Waals surface area (Å²) in [7, 11) is -3.69. The van der Waals surface area contributed by atoms with Crippen LogP contribution in [0.2, 0.25) is 0 Å². The third kappa shape index (κ3) is 6.46. The molecule has 1 aromatic heterocycles. The van der Waals surface area contributed by atoms with Gasteiger partial charge < -0.3 is 20.3 Å². The predicted octanol–water partition coefficient (Wildman–Crippen LogP) is 3.94. The van der Waals surface area contributed by atoms with Gasteiger partial charge in [-0.1, -0.05) is 40.8 Å². The Hall–Kier alpha value is -2.71. The highest BCUT2D eigenvalue weighted by Gasteiger charge is 2.28. The summed E-state index contributed by atoms with van der Waals surface area (Å²) in [5.41, 5.74) is 3.43. The lowest BCUT2D eigenvalue weighted by molar-refractivity contribution is -0.113. The van der Waals surface area contributed by atoms with Gasteiger partial charge in [-0.15, -0.1) is 10.2 Å². The number of rotatable bonds is 9. The average Bonchev–Trinajstić information content (AvgIpc) is 3.62. The van der Waals surface area contributed by atoms with Crippen LogP contribution in [0.1, 0.15) is 18.4 Å². The summed E-state index contributed by atoms with van der Waals surface area (Å²) in [4.78, 5) is 15.3. The summed E-state index contributed by atoms with van der Waals surface area (Å²) in [6, 6.07) is 13.0. The standard InChI is InChI=1S/C25H30N6O4S3/c1-18-4-6-19(7-5-18)26-24-28-29-25(37-24)36-17-23(32)27-21-16-20(8-9-22(21)30-10-2-3-11-30)38(33,34)31-12-14-35-15-13-31/h4-9,16H,2-3,10-15,17H2,1H3,(H,26,28)(H,27,32). The highest BCUT2D eigenvalue weighted by Crippen LogP contribution is 2.33. The Kier molecular flexibility index (Phi) is 8.48. The quantitative estimate of drug-likeness (QED) is 0.367. The molecule has 0 spiro atoms. The minimum atomic E-state index is -3.69. The number of thioether (sulfide) groups is 1. The van der Waals surface area contributed by atoms with E-state index in [4.69, 9.17) is 4.74 Å². The average molecular weight is 575 g/mol. The van der Waals surface area contributed by atoms with Gasteiger partial charge in [0.25, 0.3) is 0 Å². The Balaban J connectivity index is 1.26. The fourth-order valence-corrected chi connectivity index (χ4v) is 7.34. The Morgan fingerprint density at radius 2 is 1.79 bits per heavy atom. The van der Waals surface area contributed by atoms with Crippen molar-refractivity contribution in [3.63, 3.8) is 0 Å². The second-order valence-electron chi connectivity index (χ2n) is 9.09. The van der Waals surface area contributed by atoms with Crippen molar-refractivity contribution in [1.29, 1.82) is 0 Å². The summed E-state index contributed by atoms with van der Waals surface area (Å²) in [6.45, 7) is 5.15. The molecule has 3 heterocycles. The van der Waals surface area contributed by atoms with Crippen LogP contribution >= 0.6 is 23.1 Å². The van der Waals surface area contributed by atoms with Gasteiger partial charge in [0.05, 0.1) is 35.2 Å². The van der Waals surface area contributed by atoms with Gasteiger partial charge in [0.15, 0.2) is 4.34 Å². The fourth-order valence-electron chi connectivity index (χ4n) is 4.34. The molecule has 10 nitrogen and oxygen atoms in total. The van der Waals surface area contributed by atoms with E-state index >= 15 is 0 Å². The van der Waals surface area contributed by atoms with Gasteiger partial charge in [-0.05, 0) is 50.1 Å². The van der Waals surface area contributed by atoms with Crippen molar-refractivity contribution in [2.45, 2.75) is 29.0 Å². The second-order valence-corrected chi connectivity index (χ2v) is 13.2. The molecule has 2 saturated heterocycles. The first-order valence-electron chi connectivity index (χ1n) is 12.5. The van der Waals surface area contributed by atoms with E-state index in [0.29, 0.717) is 41.5 Å². The summed E-state index contributed by atoms with van der Waals surface area (Å²) in [5, 5.41) is 15.2. The predicted molar refractivity (Wildman–Crippen MR) is 151 cm³/mol. The fraction of sp³-hybridized carbons (Fsp3) is 0.400. The summed E-state index contributed by atoms with van der Waals surface area (Å²) in [5.74, 6) is -0.112. The highest BCUT2D eigenvalue weighted by molar-refractivity contribution is 8.01. The number of sulfonamides is 1. The SMILES string of the molecule is Cc1ccc(Nc2nnc(SCC(=O)Nc3cc(S(=O)(=O)N4CCOCC4)ccc3N3CCCC3)s2)cc1. The van der Waals surface area contributed by atoms with Crippen LogP contribution < -0.4 is 15.5 Å². The van der Waals surface area contributed by atoms with Crippen LogP contribution in [-0.2, 0) is 19.6 Å². The molecule has 13 heteroatoms. The third-order valence-electron chi connectivity index (χ3n) is 6.33. The van der Waals surface area contributed by atoms with Gasteiger partial charge >= 0.3 is 0 Å². The largest absolute Gasteiger partial charge is 0.379 e. The first-order chi connectivity index (χ1) is 18.4. The molecule has 0 atom stereocenters. The molecule has 2 aliphatic heterocycles. The van der Waals surface area contributed by atoms with Crippen LogP contribution in [0.4, 0.5) is 22.2 Å². The normalized spacial score (nSPS) is 16.5. The molecule has 2 N–H and O–H groups in total. The molecular weight excluding hydrogens is 545 g/mol. The number of nitrogens with zero attached hydrogens (tertiary/aromatic N) is 4. The number of hydrogen-bond donors (Lipinski definition) is 2. The lowest BCUT2D eigenvalue weighted by atomic mass is 10.2. The number of aryl methyl sites for hydroxylation is 1. The number of nitrogens with one attached hydrogen (secondary N) is 2. The molecule has 0 bridgehead atoms. The molecule has 38 heavy (non-hydrogen) atoms. The van der Waals surface area contributed by atoms with Gasteiger partial charge in [-0.3, -0.25) is 4.79 Å². The summed E-state index contributed by atoms with van der Waals surface area (Å²) >= 11 is 2.66. The number of aromatic nitrogens is 2. The molecule has 0 aliphatic carbocycles. The van der Waals surface area contributed by atoms with Crippen molar-refractivity contribution in [3.8, 4) is 0 Å². The van der Waals surface area contributed by atoms with Gasteiger partial charge in [0, 0.05) is 31.9 Å². The van der Waals surface area contributed by atoms with E-state index in [1.165, 1.54) is 33.0 Å². The van der Waals surface area contributed by atoms with E-state index in [2.05, 4.69) is 25.7 Å². The topological polar surface area (TPSA) is 117 Å². The van der Waals surface area contributed by atoms with Crippen LogP contribution in [0.25, 0.3) is 0 Å². The zero-order chi connectivity index (χ0) is 26.5. The van der Waals surface area contributed by atoms with Crippen molar-refractivity contribution < 1.29 is 17.9 Å². The van der Waals surface area contributed by atoms with E-state index in [1.807, 2.05) is 31.2 Å². The van der Waals surface area contributed by atoms with E-state index in [1.54, 1.807) is 18.2 Å². The zero-order valence-electron chi connectivity index (χ0n) is 21.1. The molecule has 1 amide bonds. The Labute approximate surface area is 230 Å². The molecule has 202 valence electrons. The van der Waals surface area contributed by atoms with Crippen molar-refractivity contribution in [2.24, 2.45) is 0 Å². The zero-order valence-corrected chi connectivity index (χ0v) is 23.5.